The summed E-state index contributed by atoms with van der Waals surface area (Å²) in [4.78, 5) is 29.6. The molecule has 1 aromatic heterocycles. The zero-order valence-corrected chi connectivity index (χ0v) is 18.2. The van der Waals surface area contributed by atoms with Gasteiger partial charge >= 0.3 is 5.97 Å². The highest BCUT2D eigenvalue weighted by Crippen LogP contribution is 2.62. The van der Waals surface area contributed by atoms with Gasteiger partial charge in [-0.1, -0.05) is 23.7 Å². The van der Waals surface area contributed by atoms with E-state index in [1.165, 1.54) is 0 Å². The highest BCUT2D eigenvalue weighted by Gasteiger charge is 2.61. The van der Waals surface area contributed by atoms with Crippen molar-refractivity contribution in [3.63, 3.8) is 0 Å². The second kappa shape index (κ2) is 6.94. The van der Waals surface area contributed by atoms with Gasteiger partial charge in [-0.25, -0.2) is 4.98 Å². The standard InChI is InChI=1S/C24H27ClN2O3/c1-14-3-4-18-7-19(21(25)26-20(18)5-14)12-30-22(29)23-8-16-6-17(9-23)11-24(10-16,13-23)27-15(2)28/h3-5,7,16-17H,6,8-13H2,1-2H3,(H,27,28). The van der Waals surface area contributed by atoms with Crippen molar-refractivity contribution in [2.75, 3.05) is 0 Å². The molecule has 0 saturated heterocycles. The molecule has 30 heavy (non-hydrogen) atoms. The number of pyridine rings is 1. The lowest BCUT2D eigenvalue weighted by Gasteiger charge is -2.60. The third-order valence-electron chi connectivity index (χ3n) is 7.29. The van der Waals surface area contributed by atoms with Gasteiger partial charge in [-0.2, -0.15) is 0 Å². The molecule has 2 aromatic rings. The first-order valence-electron chi connectivity index (χ1n) is 10.8. The summed E-state index contributed by atoms with van der Waals surface area (Å²) in [5.41, 5.74) is 1.96. The summed E-state index contributed by atoms with van der Waals surface area (Å²) in [6.07, 6.45) is 5.56. The van der Waals surface area contributed by atoms with E-state index in [-0.39, 0.29) is 24.0 Å². The number of hydrogen-bond acceptors (Lipinski definition) is 4. The number of nitrogens with one attached hydrogen (secondary N) is 1. The predicted molar refractivity (Wildman–Crippen MR) is 115 cm³/mol. The first kappa shape index (κ1) is 19.8. The number of benzene rings is 1. The number of rotatable bonds is 4. The lowest BCUT2D eigenvalue weighted by atomic mass is 9.47. The smallest absolute Gasteiger partial charge is 0.312 e. The predicted octanol–water partition coefficient (Wildman–Crippen LogP) is 4.71. The van der Waals surface area contributed by atoms with Crippen LogP contribution in [0.5, 0.6) is 0 Å². The summed E-state index contributed by atoms with van der Waals surface area (Å²) in [6.45, 7) is 3.71. The Bertz CT molecular complexity index is 1040. The van der Waals surface area contributed by atoms with Gasteiger partial charge in [0.15, 0.2) is 0 Å². The van der Waals surface area contributed by atoms with E-state index < -0.39 is 5.41 Å². The molecule has 1 amide bonds. The van der Waals surface area contributed by atoms with Crippen LogP contribution >= 0.6 is 11.6 Å². The molecule has 2 atom stereocenters. The molecule has 1 N–H and O–H groups in total. The molecule has 158 valence electrons. The third kappa shape index (κ3) is 3.37. The fourth-order valence-electron chi connectivity index (χ4n) is 6.72. The highest BCUT2D eigenvalue weighted by atomic mass is 35.5. The van der Waals surface area contributed by atoms with Gasteiger partial charge in [0, 0.05) is 23.4 Å². The van der Waals surface area contributed by atoms with Crippen molar-refractivity contribution in [3.8, 4) is 0 Å². The van der Waals surface area contributed by atoms with Gasteiger partial charge in [-0.3, -0.25) is 9.59 Å². The van der Waals surface area contributed by atoms with Gasteiger partial charge in [-0.05, 0) is 75.0 Å². The van der Waals surface area contributed by atoms with Gasteiger partial charge in [-0.15, -0.1) is 0 Å². The largest absolute Gasteiger partial charge is 0.460 e. The van der Waals surface area contributed by atoms with Crippen molar-refractivity contribution in [2.24, 2.45) is 17.3 Å². The SMILES string of the molecule is CC(=O)NC12CC3CC(C1)CC(C(=O)OCc1cc4ccc(C)cc4nc1Cl)(C3)C2. The third-order valence-corrected chi connectivity index (χ3v) is 7.62. The van der Waals surface area contributed by atoms with Crippen molar-refractivity contribution in [1.29, 1.82) is 0 Å². The second-order valence-corrected chi connectivity index (χ2v) is 10.3. The Labute approximate surface area is 181 Å². The normalized spacial score (nSPS) is 31.7. The van der Waals surface area contributed by atoms with E-state index in [1.807, 2.05) is 31.2 Å². The Morgan fingerprint density at radius 1 is 1.20 bits per heavy atom. The first-order chi connectivity index (χ1) is 14.3. The van der Waals surface area contributed by atoms with Crippen LogP contribution < -0.4 is 5.32 Å². The van der Waals surface area contributed by atoms with E-state index in [2.05, 4.69) is 10.3 Å². The average Bonchev–Trinajstić information content (AvgIpc) is 2.64. The number of aromatic nitrogens is 1. The molecule has 4 bridgehead atoms. The van der Waals surface area contributed by atoms with Crippen molar-refractivity contribution in [1.82, 2.24) is 10.3 Å². The van der Waals surface area contributed by atoms with E-state index in [0.717, 1.165) is 54.1 Å². The number of hydrogen-bond donors (Lipinski definition) is 1. The number of aryl methyl sites for hydroxylation is 1. The van der Waals surface area contributed by atoms with Crippen LogP contribution in [-0.2, 0) is 20.9 Å². The molecule has 4 aliphatic rings. The lowest BCUT2D eigenvalue weighted by Crippen LogP contribution is -2.64. The van der Waals surface area contributed by atoms with Crippen molar-refractivity contribution in [3.05, 3.63) is 40.5 Å². The first-order valence-corrected chi connectivity index (χ1v) is 11.2. The molecule has 1 aromatic carbocycles. The maximum atomic E-state index is 13.3. The Balaban J connectivity index is 1.36. The van der Waals surface area contributed by atoms with Crippen molar-refractivity contribution < 1.29 is 14.3 Å². The van der Waals surface area contributed by atoms with Crippen LogP contribution in [0, 0.1) is 24.2 Å². The number of fused-ring (bicyclic) bond motifs is 1. The molecule has 0 aliphatic heterocycles. The zero-order valence-electron chi connectivity index (χ0n) is 17.5. The molecular formula is C24H27ClN2O3. The van der Waals surface area contributed by atoms with Gasteiger partial charge < -0.3 is 10.1 Å². The molecule has 4 fully saturated rings. The molecular weight excluding hydrogens is 400 g/mol. The van der Waals surface area contributed by atoms with E-state index >= 15 is 0 Å². The summed E-state index contributed by atoms with van der Waals surface area (Å²) in [6, 6.07) is 7.99. The summed E-state index contributed by atoms with van der Waals surface area (Å²) in [7, 11) is 0. The number of carbonyl (C=O) groups excluding carboxylic acids is 2. The molecule has 1 heterocycles. The molecule has 6 rings (SSSR count). The summed E-state index contributed by atoms with van der Waals surface area (Å²) >= 11 is 6.39. The quantitative estimate of drug-likeness (QED) is 0.567. The Morgan fingerprint density at radius 2 is 1.93 bits per heavy atom. The molecule has 0 spiro atoms. The number of esters is 1. The summed E-state index contributed by atoms with van der Waals surface area (Å²) < 4.78 is 5.84. The van der Waals surface area contributed by atoms with Gasteiger partial charge in [0.2, 0.25) is 5.91 Å². The van der Waals surface area contributed by atoms with Crippen molar-refractivity contribution in [2.45, 2.75) is 64.5 Å². The second-order valence-electron chi connectivity index (χ2n) is 9.91. The molecule has 0 radical (unpaired) electrons. The molecule has 2 unspecified atom stereocenters. The van der Waals surface area contributed by atoms with E-state index in [0.29, 0.717) is 23.4 Å². The van der Waals surface area contributed by atoms with Gasteiger partial charge in [0.05, 0.1) is 10.9 Å². The number of amides is 1. The summed E-state index contributed by atoms with van der Waals surface area (Å²) in [5, 5.41) is 4.55. The van der Waals surface area contributed by atoms with Crippen LogP contribution in [-0.4, -0.2) is 22.4 Å². The maximum Gasteiger partial charge on any atom is 0.312 e. The minimum Gasteiger partial charge on any atom is -0.460 e. The summed E-state index contributed by atoms with van der Waals surface area (Å²) in [5.74, 6) is 0.816. The molecule has 6 heteroatoms. The van der Waals surface area contributed by atoms with Gasteiger partial charge in [0.25, 0.3) is 0 Å². The molecule has 4 saturated carbocycles. The van der Waals surface area contributed by atoms with Gasteiger partial charge in [0.1, 0.15) is 11.8 Å². The molecule has 5 nitrogen and oxygen atoms in total. The highest BCUT2D eigenvalue weighted by molar-refractivity contribution is 6.30. The van der Waals surface area contributed by atoms with Crippen LogP contribution in [0.4, 0.5) is 0 Å². The van der Waals surface area contributed by atoms with Crippen LogP contribution in [0.3, 0.4) is 0 Å². The number of ether oxygens (including phenoxy) is 1. The Kier molecular flexibility index (Phi) is 4.58. The number of nitrogens with zero attached hydrogens (tertiary/aromatic N) is 1. The van der Waals surface area contributed by atoms with E-state index in [1.54, 1.807) is 6.92 Å². The van der Waals surface area contributed by atoms with Crippen LogP contribution in [0.1, 0.15) is 56.6 Å². The fraction of sp³-hybridized carbons (Fsp3) is 0.542. The lowest BCUT2D eigenvalue weighted by molar-refractivity contribution is -0.177. The minimum absolute atomic E-state index is 0.00951. The van der Waals surface area contributed by atoms with Crippen molar-refractivity contribution >= 4 is 34.4 Å². The Hall–Kier alpha value is -2.14. The monoisotopic (exact) mass is 426 g/mol. The average molecular weight is 427 g/mol. The van der Waals surface area contributed by atoms with Crippen LogP contribution in [0.25, 0.3) is 10.9 Å². The fourth-order valence-corrected chi connectivity index (χ4v) is 6.92. The maximum absolute atomic E-state index is 13.3. The number of carbonyl (C=O) groups is 2. The Morgan fingerprint density at radius 3 is 2.63 bits per heavy atom. The molecule has 4 aliphatic carbocycles. The minimum atomic E-state index is -0.486. The van der Waals surface area contributed by atoms with Crippen LogP contribution in [0.15, 0.2) is 24.3 Å². The topological polar surface area (TPSA) is 68.3 Å². The number of halogens is 1. The van der Waals surface area contributed by atoms with Crippen LogP contribution in [0.2, 0.25) is 5.15 Å². The zero-order chi connectivity index (χ0) is 21.1. The van der Waals surface area contributed by atoms with E-state index in [4.69, 9.17) is 16.3 Å². The van der Waals surface area contributed by atoms with E-state index in [9.17, 15) is 9.59 Å².